The van der Waals surface area contributed by atoms with Gasteiger partial charge in [0.25, 0.3) is 0 Å². The third-order valence-corrected chi connectivity index (χ3v) is 11.5. The van der Waals surface area contributed by atoms with Crippen molar-refractivity contribution in [1.29, 1.82) is 0 Å². The van der Waals surface area contributed by atoms with Crippen molar-refractivity contribution in [3.05, 3.63) is 156 Å². The highest BCUT2D eigenvalue weighted by molar-refractivity contribution is 5.97. The van der Waals surface area contributed by atoms with Crippen LogP contribution in [0.4, 0.5) is 22.7 Å². The molecule has 66 heavy (non-hydrogen) atoms. The summed E-state index contributed by atoms with van der Waals surface area (Å²) in [7, 11) is 3.28. The molecular weight excluding hydrogens is 833 g/mol. The van der Waals surface area contributed by atoms with E-state index < -0.39 is 11.6 Å². The van der Waals surface area contributed by atoms with E-state index >= 15 is 0 Å². The number of anilines is 4. The minimum Gasteiger partial charge on any atom is -0.493 e. The van der Waals surface area contributed by atoms with E-state index in [1.54, 1.807) is 51.0 Å². The molecule has 0 radical (unpaired) electrons. The highest BCUT2D eigenvalue weighted by atomic mass is 16.6. The Morgan fingerprint density at radius 3 is 1.44 bits per heavy atom. The van der Waals surface area contributed by atoms with Gasteiger partial charge in [0.1, 0.15) is 5.60 Å². The van der Waals surface area contributed by atoms with Crippen LogP contribution in [0.1, 0.15) is 104 Å². The van der Waals surface area contributed by atoms with Crippen molar-refractivity contribution >= 4 is 34.7 Å². The fourth-order valence-electron chi connectivity index (χ4n) is 8.31. The maximum atomic E-state index is 13.2. The molecule has 1 N–H and O–H groups in total. The number of hydrogen-bond acceptors (Lipinski definition) is 11. The fraction of sp³-hybridized carbons (Fsp3) is 0.333. The summed E-state index contributed by atoms with van der Waals surface area (Å²) in [5.74, 6) is 1.42. The van der Waals surface area contributed by atoms with E-state index in [4.69, 9.17) is 23.7 Å². The highest BCUT2D eigenvalue weighted by Crippen LogP contribution is 2.41. The number of esters is 1. The number of hydrogen-bond donors (Lipinski definition) is 1. The first-order valence-corrected chi connectivity index (χ1v) is 22.7. The van der Waals surface area contributed by atoms with E-state index in [-0.39, 0.29) is 23.7 Å². The number of rotatable bonds is 16. The van der Waals surface area contributed by atoms with Gasteiger partial charge in [-0.1, -0.05) is 36.4 Å². The van der Waals surface area contributed by atoms with Gasteiger partial charge in [0.05, 0.1) is 48.9 Å². The van der Waals surface area contributed by atoms with Crippen LogP contribution >= 0.6 is 0 Å². The third kappa shape index (κ3) is 12.4. The smallest absolute Gasteiger partial charge is 0.340 e. The van der Waals surface area contributed by atoms with Gasteiger partial charge in [0.2, 0.25) is 0 Å². The van der Waals surface area contributed by atoms with E-state index in [0.717, 1.165) is 53.9 Å². The van der Waals surface area contributed by atoms with Crippen LogP contribution in [-0.2, 0) is 17.8 Å². The molecule has 2 fully saturated rings. The number of aromatic nitrogens is 2. The Morgan fingerprint density at radius 2 is 1.03 bits per heavy atom. The molecule has 12 nitrogen and oxygen atoms in total. The summed E-state index contributed by atoms with van der Waals surface area (Å²) in [6.45, 7) is 6.60. The second-order valence-electron chi connectivity index (χ2n) is 17.5. The Bertz CT molecular complexity index is 2520. The van der Waals surface area contributed by atoms with Crippen LogP contribution in [-0.4, -0.2) is 59.0 Å². The van der Waals surface area contributed by atoms with Gasteiger partial charge in [-0.3, -0.25) is 9.97 Å². The van der Waals surface area contributed by atoms with Gasteiger partial charge in [-0.15, -0.1) is 0 Å². The predicted octanol–water partition coefficient (Wildman–Crippen LogP) is 12.2. The quantitative estimate of drug-likeness (QED) is 0.0927. The Balaban J connectivity index is 0.000000198. The van der Waals surface area contributed by atoms with Crippen molar-refractivity contribution in [3.8, 4) is 23.0 Å². The molecule has 2 heterocycles. The van der Waals surface area contributed by atoms with Gasteiger partial charge < -0.3 is 38.6 Å². The molecule has 2 aromatic heterocycles. The van der Waals surface area contributed by atoms with Gasteiger partial charge in [-0.2, -0.15) is 0 Å². The van der Waals surface area contributed by atoms with E-state index in [2.05, 4.69) is 14.9 Å². The molecule has 0 atom stereocenters. The zero-order valence-electron chi connectivity index (χ0n) is 38.5. The van der Waals surface area contributed by atoms with Gasteiger partial charge in [-0.05, 0) is 144 Å². The molecule has 0 bridgehead atoms. The number of aromatic carboxylic acids is 1. The number of pyridine rings is 2. The van der Waals surface area contributed by atoms with Crippen molar-refractivity contribution in [2.24, 2.45) is 0 Å². The molecular formula is C54H60N4O8. The number of carboxylic acid groups (broad SMARTS) is 1. The predicted molar refractivity (Wildman–Crippen MR) is 257 cm³/mol. The molecule has 0 saturated heterocycles. The number of benzene rings is 4. The lowest BCUT2D eigenvalue weighted by Gasteiger charge is -2.29. The highest BCUT2D eigenvalue weighted by Gasteiger charge is 2.26. The summed E-state index contributed by atoms with van der Waals surface area (Å²) < 4.78 is 29.5. The van der Waals surface area contributed by atoms with Crippen LogP contribution < -0.4 is 28.7 Å². The monoisotopic (exact) mass is 892 g/mol. The number of nitrogens with zero attached hydrogens (tertiary/aromatic N) is 4. The SMILES string of the molecule is COc1ccc(N(Cc2cccnc2)c2ccccc2C(=O)O)cc1OC1CCCC1.COc1ccc(N(Cc2cccnc2)c2ccccc2C(=O)OC(C)(C)C)cc1OC1CCCC1. The molecule has 2 aliphatic rings. The van der Waals surface area contributed by atoms with Crippen LogP contribution in [0.2, 0.25) is 0 Å². The molecule has 344 valence electrons. The lowest BCUT2D eigenvalue weighted by atomic mass is 10.1. The molecule has 2 saturated carbocycles. The Morgan fingerprint density at radius 1 is 0.591 bits per heavy atom. The Hall–Kier alpha value is -7.08. The van der Waals surface area contributed by atoms with E-state index in [0.29, 0.717) is 47.3 Å². The first kappa shape index (κ1) is 46.9. The molecule has 0 aliphatic heterocycles. The van der Waals surface area contributed by atoms with Gasteiger partial charge in [0.15, 0.2) is 23.0 Å². The summed E-state index contributed by atoms with van der Waals surface area (Å²) in [5, 5.41) is 9.77. The topological polar surface area (TPSA) is 133 Å². The van der Waals surface area contributed by atoms with Crippen LogP contribution in [0, 0.1) is 0 Å². The zero-order valence-corrected chi connectivity index (χ0v) is 38.5. The molecule has 0 unspecified atom stereocenters. The minimum atomic E-state index is -0.970. The minimum absolute atomic E-state index is 0.183. The largest absolute Gasteiger partial charge is 0.493 e. The van der Waals surface area contributed by atoms with Crippen molar-refractivity contribution < 1.29 is 38.4 Å². The first-order valence-electron chi connectivity index (χ1n) is 22.7. The summed E-state index contributed by atoms with van der Waals surface area (Å²) in [6, 6.07) is 34.0. The lowest BCUT2D eigenvalue weighted by Crippen LogP contribution is -2.26. The number of carbonyl (C=O) groups is 2. The molecule has 12 heteroatoms. The van der Waals surface area contributed by atoms with Crippen LogP contribution in [0.3, 0.4) is 0 Å². The summed E-state index contributed by atoms with van der Waals surface area (Å²) in [4.78, 5) is 37.6. The van der Waals surface area contributed by atoms with E-state index in [1.165, 1.54) is 25.7 Å². The molecule has 8 rings (SSSR count). The maximum absolute atomic E-state index is 13.2. The molecule has 0 spiro atoms. The van der Waals surface area contributed by atoms with E-state index in [1.807, 2.05) is 123 Å². The van der Waals surface area contributed by atoms with Crippen molar-refractivity contribution in [1.82, 2.24) is 9.97 Å². The fourth-order valence-corrected chi connectivity index (χ4v) is 8.31. The first-order chi connectivity index (χ1) is 32.0. The number of carbonyl (C=O) groups excluding carboxylic acids is 1. The van der Waals surface area contributed by atoms with E-state index in [9.17, 15) is 14.7 Å². The third-order valence-electron chi connectivity index (χ3n) is 11.5. The molecule has 0 amide bonds. The number of methoxy groups -OCH3 is 2. The van der Waals surface area contributed by atoms with Crippen LogP contribution in [0.15, 0.2) is 134 Å². The van der Waals surface area contributed by atoms with Crippen LogP contribution in [0.5, 0.6) is 23.0 Å². The summed E-state index contributed by atoms with van der Waals surface area (Å²) in [6.07, 6.45) is 16.4. The second-order valence-corrected chi connectivity index (χ2v) is 17.5. The Labute approximate surface area is 388 Å². The van der Waals surface area contributed by atoms with Crippen molar-refractivity contribution in [2.45, 2.75) is 103 Å². The zero-order chi connectivity index (χ0) is 46.5. The lowest BCUT2D eigenvalue weighted by molar-refractivity contribution is 0.00700. The van der Waals surface area contributed by atoms with Crippen molar-refractivity contribution in [3.63, 3.8) is 0 Å². The average Bonchev–Trinajstić information content (AvgIpc) is 4.05. The molecule has 6 aromatic rings. The number of carboxylic acids is 1. The average molecular weight is 893 g/mol. The summed E-state index contributed by atoms with van der Waals surface area (Å²) >= 11 is 0. The van der Waals surface area contributed by atoms with Crippen molar-refractivity contribution in [2.75, 3.05) is 24.0 Å². The molecule has 2 aliphatic carbocycles. The standard InChI is InChI=1S/C29H34N2O4.C25H26N2O4/c1-29(2,3)35-28(32)24-13-7-8-14-25(24)31(20-21-10-9-17-30-19-21)22-15-16-26(33-4)27(18-22)34-23-11-5-6-12-23;1-30-23-13-12-19(15-24(23)31-20-8-2-3-9-20)27(17-18-7-6-14-26-16-18)22-11-5-4-10-21(22)25(28)29/h7-10,13-19,23H,5-6,11-12,20H2,1-4H3;4-7,10-16,20H,2-3,8-9,17H2,1H3,(H,28,29). The second kappa shape index (κ2) is 22.2. The van der Waals surface area contributed by atoms with Gasteiger partial charge in [-0.25, -0.2) is 9.59 Å². The number of ether oxygens (including phenoxy) is 5. The molecule has 4 aromatic carbocycles. The summed E-state index contributed by atoms with van der Waals surface area (Å²) in [5.41, 5.74) is 5.20. The van der Waals surface area contributed by atoms with Crippen LogP contribution in [0.25, 0.3) is 0 Å². The Kier molecular flexibility index (Phi) is 15.8. The number of para-hydroxylation sites is 2. The van der Waals surface area contributed by atoms with Gasteiger partial charge >= 0.3 is 11.9 Å². The maximum Gasteiger partial charge on any atom is 0.340 e. The normalized spacial score (nSPS) is 13.8. The van der Waals surface area contributed by atoms with Gasteiger partial charge in [0, 0.05) is 61.4 Å².